The minimum absolute atomic E-state index is 0.0287. The second-order valence-electron chi connectivity index (χ2n) is 5.27. The molecule has 0 amide bonds. The van der Waals surface area contributed by atoms with Crippen LogP contribution in [0.25, 0.3) is 0 Å². The Morgan fingerprint density at radius 2 is 1.77 bits per heavy atom. The van der Waals surface area contributed by atoms with Gasteiger partial charge in [-0.3, -0.25) is 0 Å². The van der Waals surface area contributed by atoms with Crippen LogP contribution in [0.1, 0.15) is 18.6 Å². The average Bonchev–Trinajstić information content (AvgIpc) is 2.52. The molecule has 0 aliphatic carbocycles. The molecule has 1 aromatic rings. The van der Waals surface area contributed by atoms with Crippen molar-refractivity contribution in [3.63, 3.8) is 0 Å². The number of esters is 1. The lowest BCUT2D eigenvalue weighted by molar-refractivity contribution is -0.134. The van der Waals surface area contributed by atoms with Crippen molar-refractivity contribution in [2.45, 2.75) is 13.0 Å². The van der Waals surface area contributed by atoms with E-state index in [-0.39, 0.29) is 18.0 Å². The van der Waals surface area contributed by atoms with E-state index < -0.39 is 0 Å². The van der Waals surface area contributed by atoms with E-state index in [0.29, 0.717) is 0 Å². The SMILES string of the molecule is COC(=O)C=CC=C[C@@H](C)C(OC)c1ccc(N(C)C)cc1. The number of carbonyl (C=O) groups excluding carboxylic acids is 1. The van der Waals surface area contributed by atoms with Gasteiger partial charge in [-0.25, -0.2) is 4.79 Å². The lowest BCUT2D eigenvalue weighted by Gasteiger charge is -2.21. The highest BCUT2D eigenvalue weighted by molar-refractivity contribution is 5.82. The third kappa shape index (κ3) is 5.37. The number of carbonyl (C=O) groups is 1. The molecule has 120 valence electrons. The molecule has 1 aromatic carbocycles. The van der Waals surface area contributed by atoms with Gasteiger partial charge in [-0.2, -0.15) is 0 Å². The van der Waals surface area contributed by atoms with Gasteiger partial charge in [0.2, 0.25) is 0 Å². The maximum absolute atomic E-state index is 11.0. The fourth-order valence-corrected chi connectivity index (χ4v) is 2.16. The highest BCUT2D eigenvalue weighted by Gasteiger charge is 2.16. The molecule has 0 radical (unpaired) electrons. The molecule has 2 atom stereocenters. The van der Waals surface area contributed by atoms with Crippen molar-refractivity contribution in [1.82, 2.24) is 0 Å². The lowest BCUT2D eigenvalue weighted by atomic mass is 9.96. The van der Waals surface area contributed by atoms with Gasteiger partial charge >= 0.3 is 5.97 Å². The van der Waals surface area contributed by atoms with Gasteiger partial charge < -0.3 is 14.4 Å². The minimum Gasteiger partial charge on any atom is -0.466 e. The number of hydrogen-bond acceptors (Lipinski definition) is 4. The van der Waals surface area contributed by atoms with E-state index in [1.165, 1.54) is 13.2 Å². The summed E-state index contributed by atoms with van der Waals surface area (Å²) in [6, 6.07) is 8.32. The van der Waals surface area contributed by atoms with Crippen molar-refractivity contribution in [3.8, 4) is 0 Å². The topological polar surface area (TPSA) is 38.8 Å². The van der Waals surface area contributed by atoms with Gasteiger partial charge in [0.15, 0.2) is 0 Å². The Hall–Kier alpha value is -2.07. The Bertz CT molecular complexity index is 518. The van der Waals surface area contributed by atoms with Crippen LogP contribution in [0.4, 0.5) is 5.69 Å². The Kier molecular flexibility index (Phi) is 7.40. The van der Waals surface area contributed by atoms with Crippen LogP contribution in [0, 0.1) is 5.92 Å². The molecule has 4 nitrogen and oxygen atoms in total. The number of ether oxygens (including phenoxy) is 2. The first kappa shape index (κ1) is 18.0. The Morgan fingerprint density at radius 3 is 2.27 bits per heavy atom. The summed E-state index contributed by atoms with van der Waals surface area (Å²) in [5.74, 6) is -0.183. The molecule has 0 heterocycles. The van der Waals surface area contributed by atoms with Crippen LogP contribution in [-0.4, -0.2) is 34.3 Å². The predicted octanol–water partition coefficient (Wildman–Crippen LogP) is 3.36. The van der Waals surface area contributed by atoms with E-state index in [1.807, 2.05) is 26.2 Å². The Morgan fingerprint density at radius 1 is 1.14 bits per heavy atom. The highest BCUT2D eigenvalue weighted by Crippen LogP contribution is 2.27. The standard InChI is InChI=1S/C18H25NO3/c1-14(8-6-7-9-17(20)21-4)18(22-5)15-10-12-16(13-11-15)19(2)3/h6-14,18H,1-5H3/t14-,18?/m1/s1. The fraction of sp³-hybridized carbons (Fsp3) is 0.389. The summed E-state index contributed by atoms with van der Waals surface area (Å²) in [6.07, 6.45) is 6.87. The molecule has 0 spiro atoms. The van der Waals surface area contributed by atoms with Crippen LogP contribution < -0.4 is 4.90 Å². The molecule has 0 aliphatic rings. The van der Waals surface area contributed by atoms with Crippen molar-refractivity contribution in [3.05, 3.63) is 54.1 Å². The number of methoxy groups -OCH3 is 2. The van der Waals surface area contributed by atoms with Crippen LogP contribution in [0.2, 0.25) is 0 Å². The first-order valence-corrected chi connectivity index (χ1v) is 7.22. The summed E-state index contributed by atoms with van der Waals surface area (Å²) < 4.78 is 10.2. The van der Waals surface area contributed by atoms with Gasteiger partial charge in [0.05, 0.1) is 13.2 Å². The molecule has 1 unspecified atom stereocenters. The van der Waals surface area contributed by atoms with E-state index >= 15 is 0 Å². The lowest BCUT2D eigenvalue weighted by Crippen LogP contribution is -2.11. The second-order valence-corrected chi connectivity index (χ2v) is 5.27. The van der Waals surface area contributed by atoms with Crippen LogP contribution in [0.3, 0.4) is 0 Å². The predicted molar refractivity (Wildman–Crippen MR) is 90.0 cm³/mol. The van der Waals surface area contributed by atoms with Crippen molar-refractivity contribution in [2.75, 3.05) is 33.2 Å². The van der Waals surface area contributed by atoms with E-state index in [4.69, 9.17) is 4.74 Å². The van der Waals surface area contributed by atoms with E-state index in [1.54, 1.807) is 13.2 Å². The molecule has 1 rings (SSSR count). The highest BCUT2D eigenvalue weighted by atomic mass is 16.5. The molecular formula is C18H25NO3. The summed E-state index contributed by atoms with van der Waals surface area (Å²) in [7, 11) is 7.10. The molecule has 0 bridgehead atoms. The quantitative estimate of drug-likeness (QED) is 0.440. The summed E-state index contributed by atoms with van der Waals surface area (Å²) in [5.41, 5.74) is 2.28. The normalized spacial score (nSPS) is 14.2. The molecule has 0 aliphatic heterocycles. The van der Waals surface area contributed by atoms with Gasteiger partial charge in [0.25, 0.3) is 0 Å². The molecule has 0 fully saturated rings. The van der Waals surface area contributed by atoms with Crippen LogP contribution >= 0.6 is 0 Å². The number of rotatable bonds is 7. The molecule has 0 N–H and O–H groups in total. The van der Waals surface area contributed by atoms with E-state index in [0.717, 1.165) is 11.3 Å². The van der Waals surface area contributed by atoms with Gasteiger partial charge in [-0.15, -0.1) is 0 Å². The zero-order valence-corrected chi connectivity index (χ0v) is 13.9. The summed E-state index contributed by atoms with van der Waals surface area (Å²) in [5, 5.41) is 0. The van der Waals surface area contributed by atoms with Gasteiger partial charge in [0, 0.05) is 38.9 Å². The van der Waals surface area contributed by atoms with Gasteiger partial charge in [0.1, 0.15) is 0 Å². The number of benzene rings is 1. The molecule has 4 heteroatoms. The third-order valence-corrected chi connectivity index (χ3v) is 3.43. The van der Waals surface area contributed by atoms with Gasteiger partial charge in [-0.1, -0.05) is 37.3 Å². The summed E-state index contributed by atoms with van der Waals surface area (Å²) in [4.78, 5) is 13.0. The van der Waals surface area contributed by atoms with Crippen molar-refractivity contribution in [2.24, 2.45) is 5.92 Å². The summed E-state index contributed by atoms with van der Waals surface area (Å²) in [6.45, 7) is 2.08. The van der Waals surface area contributed by atoms with Crippen molar-refractivity contribution in [1.29, 1.82) is 0 Å². The first-order chi connectivity index (χ1) is 10.5. The van der Waals surface area contributed by atoms with Gasteiger partial charge in [-0.05, 0) is 17.7 Å². The number of nitrogens with zero attached hydrogens (tertiary/aromatic N) is 1. The third-order valence-electron chi connectivity index (χ3n) is 3.43. The zero-order valence-electron chi connectivity index (χ0n) is 13.9. The molecule has 22 heavy (non-hydrogen) atoms. The second kappa shape index (κ2) is 9.05. The largest absolute Gasteiger partial charge is 0.466 e. The smallest absolute Gasteiger partial charge is 0.330 e. The van der Waals surface area contributed by atoms with Crippen molar-refractivity contribution < 1.29 is 14.3 Å². The zero-order chi connectivity index (χ0) is 16.5. The fourth-order valence-electron chi connectivity index (χ4n) is 2.16. The number of allylic oxidation sites excluding steroid dienone is 2. The number of hydrogen-bond donors (Lipinski definition) is 0. The van der Waals surface area contributed by atoms with Crippen LogP contribution in [0.5, 0.6) is 0 Å². The molecular weight excluding hydrogens is 278 g/mol. The molecule has 0 saturated heterocycles. The average molecular weight is 303 g/mol. The van der Waals surface area contributed by atoms with Crippen LogP contribution in [0.15, 0.2) is 48.6 Å². The Balaban J connectivity index is 2.75. The maximum atomic E-state index is 11.0. The van der Waals surface area contributed by atoms with Crippen molar-refractivity contribution >= 4 is 11.7 Å². The number of anilines is 1. The first-order valence-electron chi connectivity index (χ1n) is 7.22. The van der Waals surface area contributed by atoms with E-state index in [9.17, 15) is 4.79 Å². The summed E-state index contributed by atoms with van der Waals surface area (Å²) >= 11 is 0. The molecule has 0 saturated carbocycles. The van der Waals surface area contributed by atoms with Crippen LogP contribution in [-0.2, 0) is 14.3 Å². The minimum atomic E-state index is -0.361. The van der Waals surface area contributed by atoms with E-state index in [2.05, 4.69) is 40.8 Å². The monoisotopic (exact) mass is 303 g/mol. The molecule has 0 aromatic heterocycles. The Labute approximate surface area is 133 Å². The maximum Gasteiger partial charge on any atom is 0.330 e.